The summed E-state index contributed by atoms with van der Waals surface area (Å²) in [7, 11) is 0. The molecule has 0 nitrogen and oxygen atoms in total. The van der Waals surface area contributed by atoms with Crippen molar-refractivity contribution in [3.8, 4) is 11.1 Å². The number of hydrogen-bond acceptors (Lipinski definition) is 0. The fourth-order valence-electron chi connectivity index (χ4n) is 3.35. The predicted octanol–water partition coefficient (Wildman–Crippen LogP) is 1.34. The molecule has 4 rings (SSSR count). The van der Waals surface area contributed by atoms with Gasteiger partial charge in [0.2, 0.25) is 0 Å². The van der Waals surface area contributed by atoms with Crippen LogP contribution < -0.4 is 24.8 Å². The van der Waals surface area contributed by atoms with Gasteiger partial charge < -0.3 is 24.8 Å². The molecule has 0 unspecified atom stereocenters. The van der Waals surface area contributed by atoms with Crippen LogP contribution in [-0.2, 0) is 25.8 Å². The Hall–Kier alpha value is -1.02. The smallest absolute Gasteiger partial charge is 1.00 e. The van der Waals surface area contributed by atoms with Gasteiger partial charge in [-0.25, -0.2) is 5.57 Å². The Morgan fingerprint density at radius 2 is 1.39 bits per heavy atom. The summed E-state index contributed by atoms with van der Waals surface area (Å²) in [4.78, 5) is 0. The van der Waals surface area contributed by atoms with Crippen molar-refractivity contribution in [3.05, 3.63) is 89.5 Å². The van der Waals surface area contributed by atoms with Gasteiger partial charge in [0.05, 0.1) is 0 Å². The minimum Gasteiger partial charge on any atom is -1.00 e. The zero-order valence-corrected chi connectivity index (χ0v) is 22.2. The van der Waals surface area contributed by atoms with E-state index in [0.717, 1.165) is 0 Å². The fraction of sp³-hybridized carbons (Fsp3) is 0.240. The van der Waals surface area contributed by atoms with E-state index in [0.29, 0.717) is 0 Å². The molecule has 0 atom stereocenters. The van der Waals surface area contributed by atoms with Crippen molar-refractivity contribution in [3.63, 3.8) is 0 Å². The van der Waals surface area contributed by atoms with Crippen LogP contribution in [0, 0.1) is 11.5 Å². The minimum absolute atomic E-state index is 0. The van der Waals surface area contributed by atoms with Crippen molar-refractivity contribution in [2.45, 2.75) is 34.6 Å². The number of allylic oxidation sites excluding steroid dienone is 4. The van der Waals surface area contributed by atoms with Gasteiger partial charge in [0.1, 0.15) is 0 Å². The second-order valence-corrected chi connectivity index (χ2v) is 7.36. The third kappa shape index (κ3) is 5.99. The Labute approximate surface area is 201 Å². The summed E-state index contributed by atoms with van der Waals surface area (Å²) in [5.41, 5.74) is 6.98. The number of rotatable bonds is 1. The second-order valence-electron chi connectivity index (χ2n) is 7.36. The number of benzene rings is 2. The first kappa shape index (κ1) is 27.0. The van der Waals surface area contributed by atoms with E-state index in [-0.39, 0.29) is 56.1 Å². The normalized spacial score (nSPS) is 14.1. The van der Waals surface area contributed by atoms with E-state index in [2.05, 4.69) is 101 Å². The molecule has 0 bridgehead atoms. The van der Waals surface area contributed by atoms with E-state index in [1.807, 2.05) is 6.07 Å². The number of hydrogen-bond donors (Lipinski definition) is 0. The third-order valence-corrected chi connectivity index (χ3v) is 5.29. The summed E-state index contributed by atoms with van der Waals surface area (Å²) in [5, 5.41) is 2.63. The average Bonchev–Trinajstić information content (AvgIpc) is 3.12. The summed E-state index contributed by atoms with van der Waals surface area (Å²) < 4.78 is 0. The molecule has 0 amide bonds. The molecule has 0 N–H and O–H groups in total. The summed E-state index contributed by atoms with van der Waals surface area (Å²) in [6.07, 6.45) is 3.44. The molecule has 0 saturated heterocycles. The Balaban J connectivity index is 0.000000503. The van der Waals surface area contributed by atoms with Gasteiger partial charge >= 0.3 is 25.8 Å². The van der Waals surface area contributed by atoms with Crippen molar-refractivity contribution in [2.75, 3.05) is 0 Å². The van der Waals surface area contributed by atoms with Crippen LogP contribution in [0.1, 0.15) is 34.6 Å². The zero-order chi connectivity index (χ0) is 18.0. The molecule has 3 aromatic rings. The quantitative estimate of drug-likeness (QED) is 0.304. The molecular weight excluding hydrogens is 550 g/mol. The summed E-state index contributed by atoms with van der Waals surface area (Å²) in [6.45, 7) is 10.9. The fourth-order valence-corrected chi connectivity index (χ4v) is 3.35. The standard InChI is InChI=1S/C15H11.C10H15.2ClH.Hf/c1-2-6-12(7-3-1)15-10-13-8-4-5-9-14(13)11-15;1-7-6-10(4,5)9(3)8(7)2;;;/h1-11H;1-5H3;2*1H;/q2*-1;;;+4/p-2. The van der Waals surface area contributed by atoms with Gasteiger partial charge in [-0.2, -0.15) is 11.1 Å². The Bertz CT molecular complexity index is 914. The van der Waals surface area contributed by atoms with Crippen molar-refractivity contribution in [1.82, 2.24) is 0 Å². The third-order valence-electron chi connectivity index (χ3n) is 5.29. The summed E-state index contributed by atoms with van der Waals surface area (Å²) >= 11 is 0. The Morgan fingerprint density at radius 1 is 0.821 bits per heavy atom. The maximum Gasteiger partial charge on any atom is 4.00 e. The van der Waals surface area contributed by atoms with Crippen LogP contribution in [0.2, 0.25) is 0 Å². The SMILES string of the molecule is CC1=[C-]C(C)(C)C(C)=C1C.[Cl-].[Cl-].[Hf+4].c1ccc(-c2cc3ccccc3[cH-]2)cc1. The van der Waals surface area contributed by atoms with Crippen LogP contribution in [0.25, 0.3) is 21.9 Å². The number of fused-ring (bicyclic) bond motifs is 1. The topological polar surface area (TPSA) is 0 Å². The molecule has 0 aromatic heterocycles. The van der Waals surface area contributed by atoms with Gasteiger partial charge in [0, 0.05) is 0 Å². The van der Waals surface area contributed by atoms with Crippen LogP contribution in [0.3, 0.4) is 0 Å². The van der Waals surface area contributed by atoms with Crippen LogP contribution in [0.4, 0.5) is 0 Å². The molecule has 144 valence electrons. The monoisotopic (exact) mass is 576 g/mol. The maximum absolute atomic E-state index is 3.44. The molecule has 0 heterocycles. The van der Waals surface area contributed by atoms with E-state index in [1.165, 1.54) is 38.6 Å². The molecule has 3 aromatic carbocycles. The molecule has 3 heteroatoms. The van der Waals surface area contributed by atoms with Gasteiger partial charge in [-0.1, -0.05) is 87.2 Å². The molecule has 1 aliphatic rings. The molecular formula is C25H26Cl2Hf. The van der Waals surface area contributed by atoms with Gasteiger partial charge in [0.25, 0.3) is 0 Å². The Morgan fingerprint density at radius 3 is 1.86 bits per heavy atom. The summed E-state index contributed by atoms with van der Waals surface area (Å²) in [5.74, 6) is 0. The van der Waals surface area contributed by atoms with Crippen LogP contribution in [-0.4, -0.2) is 0 Å². The first-order valence-corrected chi connectivity index (χ1v) is 8.89. The van der Waals surface area contributed by atoms with Crippen molar-refractivity contribution in [2.24, 2.45) is 5.41 Å². The van der Waals surface area contributed by atoms with Crippen molar-refractivity contribution >= 4 is 10.8 Å². The first-order valence-electron chi connectivity index (χ1n) is 8.89. The van der Waals surface area contributed by atoms with E-state index in [1.54, 1.807) is 0 Å². The molecule has 0 aliphatic heterocycles. The van der Waals surface area contributed by atoms with Gasteiger partial charge in [0.15, 0.2) is 0 Å². The van der Waals surface area contributed by atoms with Gasteiger partial charge in [-0.15, -0.1) is 41.5 Å². The van der Waals surface area contributed by atoms with Crippen LogP contribution in [0.5, 0.6) is 0 Å². The maximum atomic E-state index is 3.44. The van der Waals surface area contributed by atoms with Gasteiger partial charge in [-0.05, 0) is 0 Å². The van der Waals surface area contributed by atoms with E-state index >= 15 is 0 Å². The van der Waals surface area contributed by atoms with Gasteiger partial charge in [-0.3, -0.25) is 6.08 Å². The predicted molar refractivity (Wildman–Crippen MR) is 110 cm³/mol. The number of halogens is 2. The van der Waals surface area contributed by atoms with E-state index in [9.17, 15) is 0 Å². The molecule has 0 saturated carbocycles. The van der Waals surface area contributed by atoms with Crippen molar-refractivity contribution in [1.29, 1.82) is 0 Å². The molecule has 28 heavy (non-hydrogen) atoms. The van der Waals surface area contributed by atoms with Crippen LogP contribution in [0.15, 0.2) is 83.4 Å². The molecule has 1 aliphatic carbocycles. The van der Waals surface area contributed by atoms with Crippen LogP contribution >= 0.6 is 0 Å². The van der Waals surface area contributed by atoms with Crippen molar-refractivity contribution < 1.29 is 50.7 Å². The largest absolute Gasteiger partial charge is 4.00 e. The Kier molecular flexibility index (Phi) is 10.8. The molecule has 0 fully saturated rings. The molecule has 0 spiro atoms. The zero-order valence-electron chi connectivity index (χ0n) is 17.1. The first-order chi connectivity index (χ1) is 11.9. The second kappa shape index (κ2) is 11.2. The summed E-state index contributed by atoms with van der Waals surface area (Å²) in [6, 6.07) is 23.4. The van der Waals surface area contributed by atoms with E-state index in [4.69, 9.17) is 0 Å². The van der Waals surface area contributed by atoms with E-state index < -0.39 is 0 Å². The minimum atomic E-state index is 0. The molecule has 0 radical (unpaired) electrons. The average molecular weight is 576 g/mol.